The molecule has 1 amide bonds. The van der Waals surface area contributed by atoms with Gasteiger partial charge in [-0.25, -0.2) is 4.79 Å². The third-order valence-corrected chi connectivity index (χ3v) is 3.23. The van der Waals surface area contributed by atoms with E-state index in [0.717, 1.165) is 6.92 Å². The number of esters is 1. The van der Waals surface area contributed by atoms with Gasteiger partial charge in [-0.05, 0) is 19.1 Å². The SMILES string of the molecule is CCOC(=O)Nc1oc(-c2ccc(OC)cc2OC)c(O)c1OC(C)=O. The zero-order valence-electron chi connectivity index (χ0n) is 14.7. The van der Waals surface area contributed by atoms with Crippen LogP contribution in [0.15, 0.2) is 22.6 Å². The molecule has 26 heavy (non-hydrogen) atoms. The smallest absolute Gasteiger partial charge is 0.414 e. The molecule has 9 heteroatoms. The zero-order chi connectivity index (χ0) is 19.3. The van der Waals surface area contributed by atoms with E-state index in [1.54, 1.807) is 25.1 Å². The van der Waals surface area contributed by atoms with E-state index in [9.17, 15) is 14.7 Å². The van der Waals surface area contributed by atoms with Crippen LogP contribution in [-0.2, 0) is 9.53 Å². The number of furan rings is 1. The number of hydrogen-bond acceptors (Lipinski definition) is 8. The number of amides is 1. The number of nitrogens with one attached hydrogen (secondary N) is 1. The molecule has 2 N–H and O–H groups in total. The van der Waals surface area contributed by atoms with E-state index >= 15 is 0 Å². The van der Waals surface area contributed by atoms with Crippen molar-refractivity contribution in [1.82, 2.24) is 0 Å². The number of carbonyl (C=O) groups is 2. The highest BCUT2D eigenvalue weighted by Crippen LogP contribution is 2.49. The minimum Gasteiger partial charge on any atom is -0.502 e. The average molecular weight is 365 g/mol. The largest absolute Gasteiger partial charge is 0.502 e. The lowest BCUT2D eigenvalue weighted by Crippen LogP contribution is -2.14. The van der Waals surface area contributed by atoms with E-state index < -0.39 is 17.8 Å². The molecule has 1 aromatic heterocycles. The number of aromatic hydroxyl groups is 1. The molecule has 1 aromatic carbocycles. The van der Waals surface area contributed by atoms with Crippen molar-refractivity contribution in [1.29, 1.82) is 0 Å². The van der Waals surface area contributed by atoms with Crippen molar-refractivity contribution in [2.45, 2.75) is 13.8 Å². The fourth-order valence-corrected chi connectivity index (χ4v) is 2.16. The molecule has 0 spiro atoms. The van der Waals surface area contributed by atoms with Crippen LogP contribution in [0.3, 0.4) is 0 Å². The molecule has 2 rings (SSSR count). The topological polar surface area (TPSA) is 116 Å². The molecule has 0 unspecified atom stereocenters. The predicted octanol–water partition coefficient (Wildman–Crippen LogP) is 3.16. The number of carbonyl (C=O) groups excluding carboxylic acids is 2. The van der Waals surface area contributed by atoms with E-state index in [2.05, 4.69) is 5.32 Å². The van der Waals surface area contributed by atoms with Gasteiger partial charge in [0.05, 0.1) is 26.4 Å². The number of rotatable bonds is 6. The molecule has 140 valence electrons. The van der Waals surface area contributed by atoms with Crippen molar-refractivity contribution in [3.05, 3.63) is 18.2 Å². The van der Waals surface area contributed by atoms with Gasteiger partial charge < -0.3 is 28.5 Å². The van der Waals surface area contributed by atoms with Crippen LogP contribution in [0.25, 0.3) is 11.3 Å². The highest BCUT2D eigenvalue weighted by Gasteiger charge is 2.27. The van der Waals surface area contributed by atoms with Crippen LogP contribution in [-0.4, -0.2) is 38.0 Å². The molecule has 9 nitrogen and oxygen atoms in total. The molecular formula is C17H19NO8. The van der Waals surface area contributed by atoms with Crippen LogP contribution in [0.1, 0.15) is 13.8 Å². The van der Waals surface area contributed by atoms with Crippen LogP contribution in [0.2, 0.25) is 0 Å². The summed E-state index contributed by atoms with van der Waals surface area (Å²) in [6.07, 6.45) is -0.831. The molecule has 0 saturated carbocycles. The van der Waals surface area contributed by atoms with Gasteiger partial charge in [-0.2, -0.15) is 0 Å². The number of hydrogen-bond donors (Lipinski definition) is 2. The van der Waals surface area contributed by atoms with E-state index in [0.29, 0.717) is 17.1 Å². The summed E-state index contributed by atoms with van der Waals surface area (Å²) in [7, 11) is 2.93. The molecule has 0 aliphatic carbocycles. The van der Waals surface area contributed by atoms with Crippen molar-refractivity contribution in [2.24, 2.45) is 0 Å². The van der Waals surface area contributed by atoms with Gasteiger partial charge in [-0.3, -0.25) is 10.1 Å². The molecule has 1 heterocycles. The highest BCUT2D eigenvalue weighted by atomic mass is 16.6. The van der Waals surface area contributed by atoms with Gasteiger partial charge in [0.25, 0.3) is 5.88 Å². The van der Waals surface area contributed by atoms with Crippen LogP contribution >= 0.6 is 0 Å². The maximum Gasteiger partial charge on any atom is 0.414 e. The predicted molar refractivity (Wildman–Crippen MR) is 90.9 cm³/mol. The summed E-state index contributed by atoms with van der Waals surface area (Å²) in [6, 6.07) is 4.80. The Morgan fingerprint density at radius 2 is 1.96 bits per heavy atom. The maximum atomic E-state index is 11.7. The molecule has 0 saturated heterocycles. The second-order valence-corrected chi connectivity index (χ2v) is 4.94. The lowest BCUT2D eigenvalue weighted by molar-refractivity contribution is -0.132. The quantitative estimate of drug-likeness (QED) is 0.750. The van der Waals surface area contributed by atoms with Crippen molar-refractivity contribution < 1.29 is 38.1 Å². The first-order valence-electron chi connectivity index (χ1n) is 7.61. The van der Waals surface area contributed by atoms with Crippen molar-refractivity contribution >= 4 is 17.9 Å². The van der Waals surface area contributed by atoms with Crippen molar-refractivity contribution in [3.8, 4) is 34.3 Å². The Morgan fingerprint density at radius 1 is 1.23 bits per heavy atom. The first-order chi connectivity index (χ1) is 12.4. The third-order valence-electron chi connectivity index (χ3n) is 3.23. The fourth-order valence-electron chi connectivity index (χ4n) is 2.16. The molecule has 0 radical (unpaired) electrons. The number of anilines is 1. The van der Waals surface area contributed by atoms with Gasteiger partial charge in [0.1, 0.15) is 11.5 Å². The number of benzene rings is 1. The Labute approximate surface area is 149 Å². The molecule has 2 aromatic rings. The van der Waals surface area contributed by atoms with E-state index in [1.807, 2.05) is 0 Å². The fraction of sp³-hybridized carbons (Fsp3) is 0.294. The third kappa shape index (κ3) is 4.00. The summed E-state index contributed by atoms with van der Waals surface area (Å²) >= 11 is 0. The monoisotopic (exact) mass is 365 g/mol. The van der Waals surface area contributed by atoms with Gasteiger partial charge in [-0.15, -0.1) is 0 Å². The number of ether oxygens (including phenoxy) is 4. The molecule has 0 fully saturated rings. The van der Waals surface area contributed by atoms with Gasteiger partial charge in [0, 0.05) is 13.0 Å². The van der Waals surface area contributed by atoms with Gasteiger partial charge >= 0.3 is 12.1 Å². The first-order valence-corrected chi connectivity index (χ1v) is 7.61. The summed E-state index contributed by atoms with van der Waals surface area (Å²) in [5, 5.41) is 12.7. The normalized spacial score (nSPS) is 10.2. The van der Waals surface area contributed by atoms with E-state index in [1.165, 1.54) is 14.2 Å². The summed E-state index contributed by atoms with van der Waals surface area (Å²) in [6.45, 7) is 2.90. The maximum absolute atomic E-state index is 11.7. The van der Waals surface area contributed by atoms with E-state index in [-0.39, 0.29) is 24.0 Å². The first kappa shape index (κ1) is 19.0. The average Bonchev–Trinajstić information content (AvgIpc) is 2.90. The van der Waals surface area contributed by atoms with Crippen molar-refractivity contribution in [2.75, 3.05) is 26.1 Å². The Morgan fingerprint density at radius 3 is 2.54 bits per heavy atom. The highest BCUT2D eigenvalue weighted by molar-refractivity contribution is 5.89. The van der Waals surface area contributed by atoms with E-state index in [4.69, 9.17) is 23.4 Å². The Balaban J connectivity index is 2.54. The van der Waals surface area contributed by atoms with Crippen LogP contribution < -0.4 is 19.5 Å². The zero-order valence-corrected chi connectivity index (χ0v) is 14.7. The second-order valence-electron chi connectivity index (χ2n) is 4.94. The summed E-state index contributed by atoms with van der Waals surface area (Å²) in [5.74, 6) is -0.987. The van der Waals surface area contributed by atoms with Gasteiger partial charge in [0.2, 0.25) is 11.5 Å². The van der Waals surface area contributed by atoms with Crippen LogP contribution in [0, 0.1) is 0 Å². The Bertz CT molecular complexity index is 811. The molecule has 0 aliphatic rings. The minimum absolute atomic E-state index is 0.0625. The lowest BCUT2D eigenvalue weighted by Gasteiger charge is -2.08. The number of methoxy groups -OCH3 is 2. The molecular weight excluding hydrogens is 346 g/mol. The summed E-state index contributed by atoms with van der Waals surface area (Å²) < 4.78 is 25.6. The lowest BCUT2D eigenvalue weighted by atomic mass is 10.1. The Kier molecular flexibility index (Phi) is 5.94. The van der Waals surface area contributed by atoms with Crippen molar-refractivity contribution in [3.63, 3.8) is 0 Å². The van der Waals surface area contributed by atoms with Crippen LogP contribution in [0.5, 0.6) is 23.0 Å². The Hall–Kier alpha value is -3.36. The summed E-state index contributed by atoms with van der Waals surface area (Å²) in [5.41, 5.74) is 0.358. The standard InChI is InChI=1S/C17H19NO8/c1-5-24-17(21)18-16-15(25-9(2)19)13(20)14(26-16)11-7-6-10(22-3)8-12(11)23-4/h6-8,20H,5H2,1-4H3,(H,18,21). The van der Waals surface area contributed by atoms with Gasteiger partial charge in [-0.1, -0.05) is 0 Å². The molecule has 0 atom stereocenters. The van der Waals surface area contributed by atoms with Gasteiger partial charge in [0.15, 0.2) is 5.76 Å². The molecule has 0 bridgehead atoms. The minimum atomic E-state index is -0.831. The second kappa shape index (κ2) is 8.15. The van der Waals surface area contributed by atoms with Crippen LogP contribution in [0.4, 0.5) is 10.7 Å². The molecule has 0 aliphatic heterocycles. The summed E-state index contributed by atoms with van der Waals surface area (Å²) in [4.78, 5) is 23.0.